The average Bonchev–Trinajstić information content (AvgIpc) is 2.26. The molecule has 0 aromatic heterocycles. The fraction of sp³-hybridized carbons (Fsp3) is 1.00. The maximum atomic E-state index is 4.44. The van der Waals surface area contributed by atoms with Crippen molar-refractivity contribution < 1.29 is 0 Å². The molecule has 1 aliphatic heterocycles. The second-order valence-electron chi connectivity index (χ2n) is 4.77. The monoisotopic (exact) mass is 165 g/mol. The molecule has 0 N–H and O–H groups in total. The Morgan fingerprint density at radius 1 is 1.33 bits per heavy atom. The van der Waals surface area contributed by atoms with Gasteiger partial charge in [0.25, 0.3) is 0 Å². The number of rotatable bonds is 0. The Balaban J connectivity index is 1.97. The zero-order valence-corrected chi connectivity index (χ0v) is 7.70. The van der Waals surface area contributed by atoms with E-state index >= 15 is 0 Å². The minimum absolute atomic E-state index is 0.170. The molecule has 1 heterocycles. The Morgan fingerprint density at radius 2 is 2.08 bits per heavy atom. The molecule has 0 saturated heterocycles. The van der Waals surface area contributed by atoms with Gasteiger partial charge in [0.2, 0.25) is 0 Å². The SMILES string of the molecule is CN1N=NC2(C)C3CC(C3)CC12. The molecule has 3 heteroatoms. The van der Waals surface area contributed by atoms with Crippen molar-refractivity contribution in [1.29, 1.82) is 0 Å². The Bertz CT molecular complexity index is 244. The predicted molar refractivity (Wildman–Crippen MR) is 45.6 cm³/mol. The minimum Gasteiger partial charge on any atom is -0.276 e. The van der Waals surface area contributed by atoms with Crippen LogP contribution in [-0.4, -0.2) is 23.6 Å². The van der Waals surface area contributed by atoms with E-state index in [-0.39, 0.29) is 5.54 Å². The zero-order chi connectivity index (χ0) is 8.34. The van der Waals surface area contributed by atoms with E-state index in [1.807, 2.05) is 0 Å². The first kappa shape index (κ1) is 6.87. The molecule has 3 nitrogen and oxygen atoms in total. The molecule has 0 amide bonds. The summed E-state index contributed by atoms with van der Waals surface area (Å²) in [5.74, 6) is 1.81. The summed E-state index contributed by atoms with van der Waals surface area (Å²) in [4.78, 5) is 0. The van der Waals surface area contributed by atoms with Crippen LogP contribution in [0, 0.1) is 11.8 Å². The molecule has 2 unspecified atom stereocenters. The van der Waals surface area contributed by atoms with Crippen molar-refractivity contribution in [2.75, 3.05) is 7.05 Å². The van der Waals surface area contributed by atoms with Crippen LogP contribution in [0.3, 0.4) is 0 Å². The van der Waals surface area contributed by atoms with Crippen molar-refractivity contribution in [3.05, 3.63) is 0 Å². The molecule has 4 aliphatic rings. The summed E-state index contributed by atoms with van der Waals surface area (Å²) in [7, 11) is 2.06. The number of nitrogens with zero attached hydrogens (tertiary/aromatic N) is 3. The van der Waals surface area contributed by atoms with E-state index in [1.54, 1.807) is 0 Å². The Morgan fingerprint density at radius 3 is 2.75 bits per heavy atom. The molecule has 3 saturated carbocycles. The third kappa shape index (κ3) is 0.595. The summed E-state index contributed by atoms with van der Waals surface area (Å²) < 4.78 is 0. The molecule has 2 atom stereocenters. The van der Waals surface area contributed by atoms with Crippen LogP contribution in [0.15, 0.2) is 10.3 Å². The summed E-state index contributed by atoms with van der Waals surface area (Å²) in [6.07, 6.45) is 4.12. The second kappa shape index (κ2) is 1.83. The lowest BCUT2D eigenvalue weighted by Crippen LogP contribution is -2.57. The Labute approximate surface area is 72.8 Å². The van der Waals surface area contributed by atoms with Crippen LogP contribution in [0.25, 0.3) is 0 Å². The van der Waals surface area contributed by atoms with E-state index in [9.17, 15) is 0 Å². The largest absolute Gasteiger partial charge is 0.276 e. The first-order valence-electron chi connectivity index (χ1n) is 4.86. The Hall–Kier alpha value is -0.600. The van der Waals surface area contributed by atoms with Crippen LogP contribution in [0.2, 0.25) is 0 Å². The first-order chi connectivity index (χ1) is 5.70. The Kier molecular flexibility index (Phi) is 1.05. The van der Waals surface area contributed by atoms with Gasteiger partial charge in [0.15, 0.2) is 0 Å². The van der Waals surface area contributed by atoms with Gasteiger partial charge in [0, 0.05) is 7.05 Å². The fourth-order valence-electron chi connectivity index (χ4n) is 3.14. The van der Waals surface area contributed by atoms with Crippen molar-refractivity contribution in [2.45, 2.75) is 37.8 Å². The van der Waals surface area contributed by atoms with Crippen molar-refractivity contribution in [2.24, 2.45) is 22.2 Å². The van der Waals surface area contributed by atoms with Gasteiger partial charge in [0.1, 0.15) is 5.54 Å². The van der Waals surface area contributed by atoms with Gasteiger partial charge in [0.05, 0.1) is 6.04 Å². The van der Waals surface area contributed by atoms with E-state index in [0.717, 1.165) is 11.8 Å². The standard InChI is InChI=1S/C9H15N3/c1-9-7-3-6(4-7)5-8(9)12(2)11-10-9/h6-8H,3-5H2,1-2H3. The molecule has 0 spiro atoms. The molecule has 4 rings (SSSR count). The molecule has 2 bridgehead atoms. The smallest absolute Gasteiger partial charge is 0.106 e. The number of likely N-dealkylation sites (N-methyl/N-ethyl adjacent to an activating group) is 1. The van der Waals surface area contributed by atoms with E-state index < -0.39 is 0 Å². The highest BCUT2D eigenvalue weighted by atomic mass is 15.6. The van der Waals surface area contributed by atoms with Crippen molar-refractivity contribution in [3.63, 3.8) is 0 Å². The highest BCUT2D eigenvalue weighted by Gasteiger charge is 2.57. The second-order valence-corrected chi connectivity index (χ2v) is 4.77. The van der Waals surface area contributed by atoms with E-state index in [0.29, 0.717) is 6.04 Å². The lowest BCUT2D eigenvalue weighted by Gasteiger charge is -2.53. The summed E-state index contributed by atoms with van der Waals surface area (Å²) in [5, 5.41) is 10.7. The van der Waals surface area contributed by atoms with Crippen LogP contribution < -0.4 is 0 Å². The lowest BCUT2D eigenvalue weighted by molar-refractivity contribution is -0.00903. The molecule has 0 aromatic rings. The van der Waals surface area contributed by atoms with Gasteiger partial charge in [-0.25, -0.2) is 0 Å². The van der Waals surface area contributed by atoms with Crippen LogP contribution >= 0.6 is 0 Å². The van der Waals surface area contributed by atoms with Crippen LogP contribution in [0.4, 0.5) is 0 Å². The molecule has 66 valence electrons. The summed E-state index contributed by atoms with van der Waals surface area (Å²) in [6.45, 7) is 2.28. The van der Waals surface area contributed by atoms with Crippen LogP contribution in [0.5, 0.6) is 0 Å². The highest BCUT2D eigenvalue weighted by Crippen LogP contribution is 2.55. The van der Waals surface area contributed by atoms with Gasteiger partial charge in [-0.2, -0.15) is 5.11 Å². The van der Waals surface area contributed by atoms with Gasteiger partial charge in [-0.3, -0.25) is 5.01 Å². The van der Waals surface area contributed by atoms with Gasteiger partial charge in [-0.05, 0) is 38.0 Å². The summed E-state index contributed by atoms with van der Waals surface area (Å²) in [6, 6.07) is 0.606. The maximum Gasteiger partial charge on any atom is 0.106 e. The number of hydrogen-bond donors (Lipinski definition) is 0. The average molecular weight is 165 g/mol. The summed E-state index contributed by atoms with van der Waals surface area (Å²) in [5.41, 5.74) is 0.170. The molecule has 0 radical (unpaired) electrons. The topological polar surface area (TPSA) is 28.0 Å². The van der Waals surface area contributed by atoms with Crippen molar-refractivity contribution >= 4 is 0 Å². The molecule has 3 fully saturated rings. The predicted octanol–water partition coefficient (Wildman–Crippen LogP) is 1.86. The van der Waals surface area contributed by atoms with Gasteiger partial charge in [-0.15, -0.1) is 0 Å². The van der Waals surface area contributed by atoms with Crippen molar-refractivity contribution in [3.8, 4) is 0 Å². The maximum absolute atomic E-state index is 4.44. The van der Waals surface area contributed by atoms with Gasteiger partial charge < -0.3 is 0 Å². The third-order valence-corrected chi connectivity index (χ3v) is 4.15. The lowest BCUT2D eigenvalue weighted by atomic mass is 9.55. The van der Waals surface area contributed by atoms with E-state index in [2.05, 4.69) is 29.3 Å². The first-order valence-corrected chi connectivity index (χ1v) is 4.86. The summed E-state index contributed by atoms with van der Waals surface area (Å²) >= 11 is 0. The van der Waals surface area contributed by atoms with E-state index in [1.165, 1.54) is 19.3 Å². The molecule has 0 aromatic carbocycles. The molecular formula is C9H15N3. The van der Waals surface area contributed by atoms with Gasteiger partial charge >= 0.3 is 0 Å². The van der Waals surface area contributed by atoms with E-state index in [4.69, 9.17) is 0 Å². The van der Waals surface area contributed by atoms with Crippen LogP contribution in [0.1, 0.15) is 26.2 Å². The zero-order valence-electron chi connectivity index (χ0n) is 7.70. The highest BCUT2D eigenvalue weighted by molar-refractivity contribution is 5.12. The fourth-order valence-corrected chi connectivity index (χ4v) is 3.14. The quantitative estimate of drug-likeness (QED) is 0.538. The third-order valence-electron chi connectivity index (χ3n) is 4.15. The minimum atomic E-state index is 0.170. The van der Waals surface area contributed by atoms with Gasteiger partial charge in [-0.1, -0.05) is 5.22 Å². The van der Waals surface area contributed by atoms with Crippen molar-refractivity contribution in [1.82, 2.24) is 5.01 Å². The molecule has 12 heavy (non-hydrogen) atoms. The molecular weight excluding hydrogens is 150 g/mol. The number of hydrogen-bond acceptors (Lipinski definition) is 3. The van der Waals surface area contributed by atoms with Crippen LogP contribution in [-0.2, 0) is 0 Å². The molecule has 3 aliphatic carbocycles. The normalized spacial score (nSPS) is 55.2.